The van der Waals surface area contributed by atoms with E-state index in [4.69, 9.17) is 37.4 Å². The van der Waals surface area contributed by atoms with Crippen molar-refractivity contribution in [1.29, 1.82) is 5.26 Å². The number of halogens is 2. The molecule has 0 aliphatic heterocycles. The molecule has 1 amide bonds. The van der Waals surface area contributed by atoms with Gasteiger partial charge in [0.25, 0.3) is 5.91 Å². The number of nitrogens with one attached hydrogen (secondary N) is 1. The van der Waals surface area contributed by atoms with Crippen molar-refractivity contribution >= 4 is 46.8 Å². The van der Waals surface area contributed by atoms with Gasteiger partial charge >= 0.3 is 5.97 Å². The molecule has 3 aromatic rings. The first-order valence-electron chi connectivity index (χ1n) is 10.4. The maximum Gasteiger partial charge on any atom is 0.343 e. The van der Waals surface area contributed by atoms with Crippen LogP contribution in [0.4, 0.5) is 5.69 Å². The average Bonchev–Trinajstić information content (AvgIpc) is 2.86. The fraction of sp³-hybridized carbons (Fsp3) is 0.115. The van der Waals surface area contributed by atoms with Crippen LogP contribution in [0.15, 0.2) is 66.2 Å². The highest BCUT2D eigenvalue weighted by Crippen LogP contribution is 2.32. The molecule has 0 fully saturated rings. The normalized spacial score (nSPS) is 10.8. The van der Waals surface area contributed by atoms with Crippen LogP contribution < -0.4 is 19.5 Å². The molecule has 1 N–H and O–H groups in total. The first-order valence-corrected chi connectivity index (χ1v) is 11.1. The van der Waals surface area contributed by atoms with E-state index in [0.717, 1.165) is 0 Å². The molecule has 35 heavy (non-hydrogen) atoms. The van der Waals surface area contributed by atoms with Crippen molar-refractivity contribution in [3.8, 4) is 23.3 Å². The molecular formula is C26H20Cl2N2O5. The van der Waals surface area contributed by atoms with Crippen molar-refractivity contribution in [1.82, 2.24) is 0 Å². The third-order valence-electron chi connectivity index (χ3n) is 4.67. The van der Waals surface area contributed by atoms with E-state index < -0.39 is 11.9 Å². The number of anilines is 1. The number of nitrogens with zero attached hydrogens (tertiary/aromatic N) is 1. The summed E-state index contributed by atoms with van der Waals surface area (Å²) in [4.78, 5) is 25.2. The van der Waals surface area contributed by atoms with Crippen molar-refractivity contribution in [2.75, 3.05) is 19.0 Å². The Kier molecular flexibility index (Phi) is 8.74. The van der Waals surface area contributed by atoms with E-state index in [1.54, 1.807) is 61.5 Å². The van der Waals surface area contributed by atoms with Gasteiger partial charge in [0.1, 0.15) is 17.4 Å². The quantitative estimate of drug-likeness (QED) is 0.168. The second kappa shape index (κ2) is 11.9. The first kappa shape index (κ1) is 25.6. The average molecular weight is 511 g/mol. The zero-order valence-corrected chi connectivity index (χ0v) is 20.3. The molecule has 0 heterocycles. The summed E-state index contributed by atoms with van der Waals surface area (Å²) in [6.45, 7) is 2.08. The minimum atomic E-state index is -0.685. The maximum absolute atomic E-state index is 12.6. The second-order valence-electron chi connectivity index (χ2n) is 6.98. The number of esters is 1. The fourth-order valence-electron chi connectivity index (χ4n) is 2.97. The predicted octanol–water partition coefficient (Wildman–Crippen LogP) is 6.17. The van der Waals surface area contributed by atoms with Crippen molar-refractivity contribution < 1.29 is 23.8 Å². The summed E-state index contributed by atoms with van der Waals surface area (Å²) in [6, 6.07) is 17.8. The van der Waals surface area contributed by atoms with Gasteiger partial charge in [-0.3, -0.25) is 4.79 Å². The van der Waals surface area contributed by atoms with E-state index >= 15 is 0 Å². The maximum atomic E-state index is 12.6. The highest BCUT2D eigenvalue weighted by molar-refractivity contribution is 6.40. The lowest BCUT2D eigenvalue weighted by molar-refractivity contribution is -0.112. The number of carbonyl (C=O) groups excluding carboxylic acids is 2. The summed E-state index contributed by atoms with van der Waals surface area (Å²) in [6.07, 6.45) is 1.37. The van der Waals surface area contributed by atoms with Crippen LogP contribution >= 0.6 is 23.2 Å². The minimum absolute atomic E-state index is 0.189. The number of nitriles is 1. The van der Waals surface area contributed by atoms with E-state index in [2.05, 4.69) is 5.32 Å². The van der Waals surface area contributed by atoms with Gasteiger partial charge in [0.05, 0.1) is 35.0 Å². The number of ether oxygens (including phenoxy) is 3. The third kappa shape index (κ3) is 6.54. The van der Waals surface area contributed by atoms with Gasteiger partial charge in [0.15, 0.2) is 11.5 Å². The number of carbonyl (C=O) groups is 2. The second-order valence-corrected chi connectivity index (χ2v) is 7.79. The molecule has 178 valence electrons. The topological polar surface area (TPSA) is 97.6 Å². The number of rotatable bonds is 8. The summed E-state index contributed by atoms with van der Waals surface area (Å²) in [5.41, 5.74) is 0.831. The van der Waals surface area contributed by atoms with Gasteiger partial charge in [-0.25, -0.2) is 4.79 Å². The van der Waals surface area contributed by atoms with Crippen LogP contribution in [0.2, 0.25) is 10.0 Å². The monoisotopic (exact) mass is 510 g/mol. The van der Waals surface area contributed by atoms with Crippen LogP contribution in [0, 0.1) is 11.3 Å². The Hall–Kier alpha value is -3.99. The summed E-state index contributed by atoms with van der Waals surface area (Å²) in [5.74, 6) is -0.187. The summed E-state index contributed by atoms with van der Waals surface area (Å²) < 4.78 is 16.2. The Morgan fingerprint density at radius 1 is 1.03 bits per heavy atom. The molecule has 3 rings (SSSR count). The van der Waals surface area contributed by atoms with Crippen molar-refractivity contribution in [3.63, 3.8) is 0 Å². The van der Waals surface area contributed by atoms with Gasteiger partial charge in [-0.2, -0.15) is 5.26 Å². The number of amides is 1. The zero-order valence-electron chi connectivity index (χ0n) is 18.8. The Bertz CT molecular complexity index is 1290. The molecule has 0 spiro atoms. The van der Waals surface area contributed by atoms with E-state index in [1.165, 1.54) is 19.3 Å². The first-order chi connectivity index (χ1) is 16.9. The van der Waals surface area contributed by atoms with Crippen LogP contribution in [0.5, 0.6) is 17.2 Å². The molecule has 0 aromatic heterocycles. The Morgan fingerprint density at radius 2 is 1.71 bits per heavy atom. The third-order valence-corrected chi connectivity index (χ3v) is 5.30. The molecule has 0 bridgehead atoms. The molecular weight excluding hydrogens is 491 g/mol. The summed E-state index contributed by atoms with van der Waals surface area (Å²) >= 11 is 12.2. The van der Waals surface area contributed by atoms with E-state index in [-0.39, 0.29) is 32.8 Å². The number of methoxy groups -OCH3 is 1. The SMILES string of the molecule is CCOc1cc(/C=C(\C#N)C(=O)Nc2c(Cl)cccc2Cl)ccc1OC(=O)c1ccc(OC)cc1. The Morgan fingerprint density at radius 3 is 2.31 bits per heavy atom. The lowest BCUT2D eigenvalue weighted by Crippen LogP contribution is -2.14. The van der Waals surface area contributed by atoms with Gasteiger partial charge in [-0.15, -0.1) is 0 Å². The lowest BCUT2D eigenvalue weighted by Gasteiger charge is -2.12. The molecule has 3 aromatic carbocycles. The van der Waals surface area contributed by atoms with Crippen molar-refractivity contribution in [2.45, 2.75) is 6.92 Å². The molecule has 0 radical (unpaired) electrons. The summed E-state index contributed by atoms with van der Waals surface area (Å²) in [7, 11) is 1.53. The van der Waals surface area contributed by atoms with E-state index in [9.17, 15) is 14.9 Å². The van der Waals surface area contributed by atoms with E-state index in [1.807, 2.05) is 6.07 Å². The van der Waals surface area contributed by atoms with E-state index in [0.29, 0.717) is 23.5 Å². The van der Waals surface area contributed by atoms with Crippen LogP contribution in [-0.4, -0.2) is 25.6 Å². The Balaban J connectivity index is 1.83. The Labute approximate surface area is 212 Å². The van der Waals surface area contributed by atoms with Gasteiger partial charge in [-0.1, -0.05) is 35.3 Å². The standard InChI is InChI=1S/C26H20Cl2N2O5/c1-3-34-23-14-16(7-12-22(23)35-26(32)17-8-10-19(33-2)11-9-17)13-18(15-29)25(31)30-24-20(27)5-4-6-21(24)28/h4-14H,3H2,1-2H3,(H,30,31)/b18-13+. The molecule has 7 nitrogen and oxygen atoms in total. The fourth-order valence-corrected chi connectivity index (χ4v) is 3.46. The summed E-state index contributed by atoms with van der Waals surface area (Å²) in [5, 5.41) is 12.6. The number of hydrogen-bond acceptors (Lipinski definition) is 6. The van der Waals surface area contributed by atoms with Gasteiger partial charge in [0.2, 0.25) is 0 Å². The molecule has 0 saturated heterocycles. The number of para-hydroxylation sites is 1. The van der Waals surface area contributed by atoms with Crippen molar-refractivity contribution in [3.05, 3.63) is 87.4 Å². The molecule has 0 aliphatic carbocycles. The van der Waals surface area contributed by atoms with Gasteiger partial charge < -0.3 is 19.5 Å². The molecule has 0 atom stereocenters. The van der Waals surface area contributed by atoms with Crippen LogP contribution in [0.1, 0.15) is 22.8 Å². The predicted molar refractivity (Wildman–Crippen MR) is 134 cm³/mol. The smallest absolute Gasteiger partial charge is 0.343 e. The van der Waals surface area contributed by atoms with Crippen LogP contribution in [-0.2, 0) is 4.79 Å². The van der Waals surface area contributed by atoms with Gasteiger partial charge in [-0.05, 0) is 67.1 Å². The number of benzene rings is 3. The number of hydrogen-bond donors (Lipinski definition) is 1. The molecule has 9 heteroatoms. The van der Waals surface area contributed by atoms with Gasteiger partial charge in [0, 0.05) is 0 Å². The lowest BCUT2D eigenvalue weighted by atomic mass is 10.1. The van der Waals surface area contributed by atoms with Crippen LogP contribution in [0.25, 0.3) is 6.08 Å². The van der Waals surface area contributed by atoms with Crippen molar-refractivity contribution in [2.24, 2.45) is 0 Å². The largest absolute Gasteiger partial charge is 0.497 e. The molecule has 0 unspecified atom stereocenters. The highest BCUT2D eigenvalue weighted by atomic mass is 35.5. The zero-order chi connectivity index (χ0) is 25.4. The highest BCUT2D eigenvalue weighted by Gasteiger charge is 2.16. The molecule has 0 aliphatic rings. The van der Waals surface area contributed by atoms with Crippen LogP contribution in [0.3, 0.4) is 0 Å². The minimum Gasteiger partial charge on any atom is -0.497 e. The molecule has 0 saturated carbocycles.